The molecule has 2 heterocycles. The van der Waals surface area contributed by atoms with Crippen LogP contribution in [0, 0.1) is 0 Å². The van der Waals surface area contributed by atoms with Gasteiger partial charge in [-0.05, 0) is 49.7 Å². The van der Waals surface area contributed by atoms with Crippen molar-refractivity contribution in [3.05, 3.63) is 45.6 Å². The van der Waals surface area contributed by atoms with E-state index < -0.39 is 0 Å². The van der Waals surface area contributed by atoms with Gasteiger partial charge in [-0.1, -0.05) is 0 Å². The van der Waals surface area contributed by atoms with Gasteiger partial charge in [0.2, 0.25) is 0 Å². The molecule has 0 saturated heterocycles. The molecule has 21 heavy (non-hydrogen) atoms. The van der Waals surface area contributed by atoms with E-state index in [-0.39, 0.29) is 17.8 Å². The van der Waals surface area contributed by atoms with Gasteiger partial charge in [-0.15, -0.1) is 11.3 Å². The average Bonchev–Trinajstić information content (AvgIpc) is 3.03. The smallest absolute Gasteiger partial charge is 0.265 e. The van der Waals surface area contributed by atoms with Gasteiger partial charge in [0, 0.05) is 12.1 Å². The van der Waals surface area contributed by atoms with Crippen LogP contribution in [-0.4, -0.2) is 17.8 Å². The number of anilines is 1. The largest absolute Gasteiger partial charge is 0.490 e. The van der Waals surface area contributed by atoms with Crippen molar-refractivity contribution in [3.63, 3.8) is 0 Å². The first kappa shape index (κ1) is 13.8. The summed E-state index contributed by atoms with van der Waals surface area (Å²) < 4.78 is 5.63. The molecule has 0 saturated carbocycles. The second-order valence-corrected chi connectivity index (χ2v) is 6.21. The topological polar surface area (TPSA) is 55.4 Å². The molecule has 1 aromatic heterocycles. The standard InChI is InChI=1S/C16H15NO3S/c1-9-7-11-8-12(3-4-13(11)20-9)17-16(19)15-6-5-14(21-15)10(2)18/h3-6,8-9H,7H2,1-2H3,(H,17,19). The van der Waals surface area contributed by atoms with E-state index in [1.54, 1.807) is 12.1 Å². The molecule has 3 rings (SSSR count). The third kappa shape index (κ3) is 2.83. The monoisotopic (exact) mass is 301 g/mol. The van der Waals surface area contributed by atoms with Crippen molar-refractivity contribution in [2.45, 2.75) is 26.4 Å². The Bertz CT molecular complexity index is 720. The van der Waals surface area contributed by atoms with E-state index >= 15 is 0 Å². The molecule has 0 spiro atoms. The van der Waals surface area contributed by atoms with Crippen LogP contribution in [0.2, 0.25) is 0 Å². The molecule has 0 bridgehead atoms. The van der Waals surface area contributed by atoms with Crippen LogP contribution in [0.15, 0.2) is 30.3 Å². The van der Waals surface area contributed by atoms with Crippen LogP contribution in [0.1, 0.15) is 38.8 Å². The summed E-state index contributed by atoms with van der Waals surface area (Å²) in [6.07, 6.45) is 1.04. The summed E-state index contributed by atoms with van der Waals surface area (Å²) >= 11 is 1.21. The zero-order valence-electron chi connectivity index (χ0n) is 11.8. The van der Waals surface area contributed by atoms with Crippen molar-refractivity contribution in [1.82, 2.24) is 0 Å². The van der Waals surface area contributed by atoms with Crippen LogP contribution in [0.25, 0.3) is 0 Å². The third-order valence-electron chi connectivity index (χ3n) is 3.33. The van der Waals surface area contributed by atoms with Crippen molar-refractivity contribution in [1.29, 1.82) is 0 Å². The van der Waals surface area contributed by atoms with E-state index in [1.165, 1.54) is 18.3 Å². The number of fused-ring (bicyclic) bond motifs is 1. The molecule has 1 unspecified atom stereocenters. The van der Waals surface area contributed by atoms with Gasteiger partial charge in [0.05, 0.1) is 9.75 Å². The Morgan fingerprint density at radius 3 is 2.71 bits per heavy atom. The van der Waals surface area contributed by atoms with Crippen molar-refractivity contribution in [2.75, 3.05) is 5.32 Å². The molecular weight excluding hydrogens is 286 g/mol. The summed E-state index contributed by atoms with van der Waals surface area (Å²) in [6.45, 7) is 3.52. The highest BCUT2D eigenvalue weighted by molar-refractivity contribution is 7.16. The van der Waals surface area contributed by atoms with Gasteiger partial charge in [-0.2, -0.15) is 0 Å². The minimum Gasteiger partial charge on any atom is -0.490 e. The van der Waals surface area contributed by atoms with E-state index in [4.69, 9.17) is 4.74 Å². The quantitative estimate of drug-likeness (QED) is 0.882. The summed E-state index contributed by atoms with van der Waals surface area (Å²) in [7, 11) is 0. The van der Waals surface area contributed by atoms with Gasteiger partial charge in [-0.3, -0.25) is 9.59 Å². The van der Waals surface area contributed by atoms with Gasteiger partial charge in [0.1, 0.15) is 11.9 Å². The number of rotatable bonds is 3. The van der Waals surface area contributed by atoms with E-state index in [0.29, 0.717) is 9.75 Å². The number of carbonyl (C=O) groups excluding carboxylic acids is 2. The highest BCUT2D eigenvalue weighted by Crippen LogP contribution is 2.31. The number of nitrogens with one attached hydrogen (secondary N) is 1. The van der Waals surface area contributed by atoms with Crippen LogP contribution in [-0.2, 0) is 6.42 Å². The lowest BCUT2D eigenvalue weighted by Crippen LogP contribution is -2.10. The molecule has 4 nitrogen and oxygen atoms in total. The molecule has 1 atom stereocenters. The van der Waals surface area contributed by atoms with Crippen LogP contribution in [0.4, 0.5) is 5.69 Å². The second-order valence-electron chi connectivity index (χ2n) is 5.13. The predicted molar refractivity (Wildman–Crippen MR) is 82.5 cm³/mol. The van der Waals surface area contributed by atoms with Gasteiger partial charge >= 0.3 is 0 Å². The summed E-state index contributed by atoms with van der Waals surface area (Å²) in [6, 6.07) is 9.00. The number of Topliss-reactive ketones (excluding diaryl/α,β-unsaturated/α-hetero) is 1. The maximum Gasteiger partial charge on any atom is 0.265 e. The fraction of sp³-hybridized carbons (Fsp3) is 0.250. The van der Waals surface area contributed by atoms with Gasteiger partial charge in [-0.25, -0.2) is 0 Å². The average molecular weight is 301 g/mol. The minimum atomic E-state index is -0.195. The first-order valence-electron chi connectivity index (χ1n) is 6.74. The Hall–Kier alpha value is -2.14. The van der Waals surface area contributed by atoms with Crippen LogP contribution in [0.5, 0.6) is 5.75 Å². The second kappa shape index (κ2) is 5.33. The maximum atomic E-state index is 12.2. The Labute approximate surface area is 126 Å². The van der Waals surface area contributed by atoms with E-state index in [9.17, 15) is 9.59 Å². The highest BCUT2D eigenvalue weighted by Gasteiger charge is 2.19. The Balaban J connectivity index is 1.75. The number of thiophene rings is 1. The SMILES string of the molecule is CC(=O)c1ccc(C(=O)Nc2ccc3c(c2)CC(C)O3)s1. The Morgan fingerprint density at radius 2 is 2.00 bits per heavy atom. The lowest BCUT2D eigenvalue weighted by molar-refractivity contribution is 0.101. The molecule has 0 fully saturated rings. The third-order valence-corrected chi connectivity index (χ3v) is 4.52. The number of ether oxygens (including phenoxy) is 1. The summed E-state index contributed by atoms with van der Waals surface area (Å²) in [5, 5.41) is 2.86. The van der Waals surface area contributed by atoms with Gasteiger partial charge in [0.15, 0.2) is 5.78 Å². The van der Waals surface area contributed by atoms with Crippen molar-refractivity contribution in [2.24, 2.45) is 0 Å². The highest BCUT2D eigenvalue weighted by atomic mass is 32.1. The normalized spacial score (nSPS) is 16.2. The van der Waals surface area contributed by atoms with Crippen molar-refractivity contribution >= 4 is 28.7 Å². The van der Waals surface area contributed by atoms with Crippen LogP contribution < -0.4 is 10.1 Å². The lowest BCUT2D eigenvalue weighted by Gasteiger charge is -2.05. The van der Waals surface area contributed by atoms with Crippen molar-refractivity contribution < 1.29 is 14.3 Å². The lowest BCUT2D eigenvalue weighted by atomic mass is 10.1. The summed E-state index contributed by atoms with van der Waals surface area (Å²) in [5.41, 5.74) is 1.85. The fourth-order valence-electron chi connectivity index (χ4n) is 2.34. The molecule has 0 radical (unpaired) electrons. The molecule has 1 aromatic carbocycles. The Morgan fingerprint density at radius 1 is 1.24 bits per heavy atom. The van der Waals surface area contributed by atoms with Gasteiger partial charge in [0.25, 0.3) is 5.91 Å². The molecule has 2 aromatic rings. The Kier molecular flexibility index (Phi) is 3.51. The maximum absolute atomic E-state index is 12.2. The molecule has 108 valence electrons. The van der Waals surface area contributed by atoms with Gasteiger partial charge < -0.3 is 10.1 Å². The molecule has 1 N–H and O–H groups in total. The number of hydrogen-bond donors (Lipinski definition) is 1. The van der Waals surface area contributed by atoms with Crippen LogP contribution >= 0.6 is 11.3 Å². The van der Waals surface area contributed by atoms with E-state index in [2.05, 4.69) is 5.32 Å². The number of ketones is 1. The first-order valence-corrected chi connectivity index (χ1v) is 7.56. The zero-order chi connectivity index (χ0) is 15.0. The van der Waals surface area contributed by atoms with E-state index in [0.717, 1.165) is 23.4 Å². The van der Waals surface area contributed by atoms with Crippen LogP contribution in [0.3, 0.4) is 0 Å². The minimum absolute atomic E-state index is 0.0253. The molecule has 5 heteroatoms. The number of benzene rings is 1. The first-order chi connectivity index (χ1) is 10.0. The zero-order valence-corrected chi connectivity index (χ0v) is 12.6. The molecule has 1 aliphatic rings. The molecule has 1 aliphatic heterocycles. The summed E-state index contributed by atoms with van der Waals surface area (Å²) in [5.74, 6) is 0.664. The number of amides is 1. The number of carbonyl (C=O) groups is 2. The number of hydrogen-bond acceptors (Lipinski definition) is 4. The molecular formula is C16H15NO3S. The summed E-state index contributed by atoms with van der Waals surface area (Å²) in [4.78, 5) is 24.6. The fourth-order valence-corrected chi connectivity index (χ4v) is 3.14. The molecule has 0 aliphatic carbocycles. The predicted octanol–water partition coefficient (Wildman–Crippen LogP) is 3.53. The molecule has 1 amide bonds. The van der Waals surface area contributed by atoms with Crippen molar-refractivity contribution in [3.8, 4) is 5.75 Å². The van der Waals surface area contributed by atoms with E-state index in [1.807, 2.05) is 25.1 Å².